The quantitative estimate of drug-likeness (QED) is 0.855. The predicted molar refractivity (Wildman–Crippen MR) is 89.1 cm³/mol. The van der Waals surface area contributed by atoms with Crippen LogP contribution in [0.3, 0.4) is 0 Å². The van der Waals surface area contributed by atoms with E-state index < -0.39 is 0 Å². The van der Waals surface area contributed by atoms with Crippen LogP contribution in [0.5, 0.6) is 0 Å². The highest BCUT2D eigenvalue weighted by Gasteiger charge is 2.40. The van der Waals surface area contributed by atoms with Crippen LogP contribution in [0.4, 0.5) is 5.13 Å². The van der Waals surface area contributed by atoms with Crippen molar-refractivity contribution in [3.05, 3.63) is 35.2 Å². The predicted octanol–water partition coefficient (Wildman–Crippen LogP) is 3.26. The van der Waals surface area contributed by atoms with Crippen molar-refractivity contribution in [3.8, 4) is 11.3 Å². The number of anilines is 1. The highest BCUT2D eigenvalue weighted by molar-refractivity contribution is 7.14. The van der Waals surface area contributed by atoms with Crippen LogP contribution in [0.15, 0.2) is 29.6 Å². The number of carbonyl (C=O) groups is 2. The second-order valence-electron chi connectivity index (χ2n) is 5.88. The van der Waals surface area contributed by atoms with Crippen LogP contribution >= 0.6 is 11.3 Å². The van der Waals surface area contributed by atoms with Gasteiger partial charge in [-0.1, -0.05) is 36.8 Å². The number of thiazole rings is 1. The molecule has 5 nitrogen and oxygen atoms in total. The van der Waals surface area contributed by atoms with E-state index in [0.29, 0.717) is 11.0 Å². The van der Waals surface area contributed by atoms with E-state index >= 15 is 0 Å². The lowest BCUT2D eigenvalue weighted by Gasteiger charge is -2.03. The minimum atomic E-state index is -0.364. The van der Waals surface area contributed by atoms with Crippen molar-refractivity contribution in [1.82, 2.24) is 4.98 Å². The van der Waals surface area contributed by atoms with Crippen LogP contribution < -0.4 is 5.32 Å². The third-order valence-corrected chi connectivity index (χ3v) is 4.61. The monoisotopic (exact) mass is 330 g/mol. The van der Waals surface area contributed by atoms with Gasteiger partial charge in [-0.2, -0.15) is 0 Å². The Morgan fingerprint density at radius 1 is 1.35 bits per heavy atom. The van der Waals surface area contributed by atoms with Crippen molar-refractivity contribution in [2.75, 3.05) is 11.9 Å². The first-order valence-electron chi connectivity index (χ1n) is 7.52. The van der Waals surface area contributed by atoms with E-state index in [2.05, 4.69) is 10.3 Å². The summed E-state index contributed by atoms with van der Waals surface area (Å²) in [5, 5.41) is 5.05. The molecule has 1 N–H and O–H groups in total. The molecule has 0 spiro atoms. The van der Waals surface area contributed by atoms with Gasteiger partial charge in [0.2, 0.25) is 0 Å². The second-order valence-corrected chi connectivity index (χ2v) is 6.74. The van der Waals surface area contributed by atoms with Gasteiger partial charge >= 0.3 is 5.97 Å². The number of hydrogen-bond donors (Lipinski definition) is 1. The Balaban J connectivity index is 1.53. The SMILES string of the molecule is Cc1ccc(-c2csc(NC(=O)COC(=O)[C@@H]3C[C@H]3C)n2)cc1. The largest absolute Gasteiger partial charge is 0.455 e. The minimum Gasteiger partial charge on any atom is -0.455 e. The number of aromatic nitrogens is 1. The summed E-state index contributed by atoms with van der Waals surface area (Å²) >= 11 is 1.35. The number of carbonyl (C=O) groups excluding carboxylic acids is 2. The minimum absolute atomic E-state index is 0.0317. The van der Waals surface area contributed by atoms with Gasteiger partial charge in [0, 0.05) is 10.9 Å². The fourth-order valence-corrected chi connectivity index (χ4v) is 2.97. The molecular formula is C17H18N2O3S. The maximum atomic E-state index is 11.8. The third kappa shape index (κ3) is 3.96. The van der Waals surface area contributed by atoms with E-state index in [1.807, 2.05) is 43.5 Å². The number of aryl methyl sites for hydroxylation is 1. The molecule has 1 amide bonds. The normalized spacial score (nSPS) is 19.2. The van der Waals surface area contributed by atoms with Gasteiger partial charge in [0.25, 0.3) is 5.91 Å². The topological polar surface area (TPSA) is 68.3 Å². The molecule has 0 radical (unpaired) electrons. The van der Waals surface area contributed by atoms with E-state index in [9.17, 15) is 9.59 Å². The Labute approximate surface area is 138 Å². The Kier molecular flexibility index (Phi) is 4.43. The first-order valence-corrected chi connectivity index (χ1v) is 8.40. The average molecular weight is 330 g/mol. The maximum absolute atomic E-state index is 11.8. The van der Waals surface area contributed by atoms with Gasteiger partial charge < -0.3 is 4.74 Å². The number of ether oxygens (including phenoxy) is 1. The van der Waals surface area contributed by atoms with E-state index in [1.54, 1.807) is 0 Å². The highest BCUT2D eigenvalue weighted by Crippen LogP contribution is 2.38. The molecule has 6 heteroatoms. The Morgan fingerprint density at radius 2 is 2.04 bits per heavy atom. The summed E-state index contributed by atoms with van der Waals surface area (Å²) in [6.07, 6.45) is 0.854. The summed E-state index contributed by atoms with van der Waals surface area (Å²) in [6.45, 7) is 3.76. The van der Waals surface area contributed by atoms with Gasteiger partial charge in [0.05, 0.1) is 11.6 Å². The molecule has 23 heavy (non-hydrogen) atoms. The number of esters is 1. The van der Waals surface area contributed by atoms with Gasteiger partial charge in [-0.15, -0.1) is 11.3 Å². The highest BCUT2D eigenvalue weighted by atomic mass is 32.1. The summed E-state index contributed by atoms with van der Waals surface area (Å²) in [5.74, 6) is -0.305. The molecule has 0 saturated heterocycles. The first kappa shape index (κ1) is 15.7. The van der Waals surface area contributed by atoms with Crippen LogP contribution in [0, 0.1) is 18.8 Å². The van der Waals surface area contributed by atoms with Crippen LogP contribution in [-0.4, -0.2) is 23.5 Å². The number of amides is 1. The van der Waals surface area contributed by atoms with Crippen molar-refractivity contribution in [1.29, 1.82) is 0 Å². The molecule has 1 saturated carbocycles. The Bertz CT molecular complexity index is 724. The van der Waals surface area contributed by atoms with Crippen molar-refractivity contribution in [3.63, 3.8) is 0 Å². The van der Waals surface area contributed by atoms with Crippen molar-refractivity contribution in [2.45, 2.75) is 20.3 Å². The number of hydrogen-bond acceptors (Lipinski definition) is 5. The fourth-order valence-electron chi connectivity index (χ4n) is 2.24. The van der Waals surface area contributed by atoms with E-state index in [0.717, 1.165) is 17.7 Å². The summed E-state index contributed by atoms with van der Waals surface area (Å²) in [6, 6.07) is 8.03. The summed E-state index contributed by atoms with van der Waals surface area (Å²) in [5.41, 5.74) is 3.00. The molecule has 2 atom stereocenters. The molecule has 1 heterocycles. The zero-order valence-corrected chi connectivity index (χ0v) is 13.9. The first-order chi connectivity index (χ1) is 11.0. The molecule has 0 bridgehead atoms. The molecule has 1 aromatic carbocycles. The number of nitrogens with one attached hydrogen (secondary N) is 1. The van der Waals surface area contributed by atoms with Crippen molar-refractivity contribution >= 4 is 28.3 Å². The summed E-state index contributed by atoms with van der Waals surface area (Å²) in [7, 11) is 0. The van der Waals surface area contributed by atoms with Gasteiger partial charge in [-0.25, -0.2) is 4.98 Å². The van der Waals surface area contributed by atoms with Gasteiger partial charge in [-0.05, 0) is 19.3 Å². The van der Waals surface area contributed by atoms with Gasteiger partial charge in [0.1, 0.15) is 0 Å². The molecule has 0 unspecified atom stereocenters. The number of rotatable bonds is 5. The van der Waals surface area contributed by atoms with Crippen LogP contribution in [0.25, 0.3) is 11.3 Å². The van der Waals surface area contributed by atoms with Crippen LogP contribution in [-0.2, 0) is 14.3 Å². The second kappa shape index (κ2) is 6.50. The maximum Gasteiger partial charge on any atom is 0.309 e. The Hall–Kier alpha value is -2.21. The van der Waals surface area contributed by atoms with E-state index in [-0.39, 0.29) is 24.4 Å². The van der Waals surface area contributed by atoms with Crippen molar-refractivity contribution in [2.24, 2.45) is 11.8 Å². The lowest BCUT2D eigenvalue weighted by Crippen LogP contribution is -2.21. The van der Waals surface area contributed by atoms with E-state index in [1.165, 1.54) is 16.9 Å². The fraction of sp³-hybridized carbons (Fsp3) is 0.353. The molecular weight excluding hydrogens is 312 g/mol. The third-order valence-electron chi connectivity index (χ3n) is 3.86. The van der Waals surface area contributed by atoms with E-state index in [4.69, 9.17) is 4.74 Å². The van der Waals surface area contributed by atoms with Gasteiger partial charge in [-0.3, -0.25) is 14.9 Å². The zero-order chi connectivity index (χ0) is 16.4. The standard InChI is InChI=1S/C17H18N2O3S/c1-10-3-5-12(6-4-10)14-9-23-17(18-14)19-15(20)8-22-16(21)13-7-11(13)2/h3-6,9,11,13H,7-8H2,1-2H3,(H,18,19,20)/t11-,13-/m1/s1. The average Bonchev–Trinajstić information content (AvgIpc) is 3.08. The summed E-state index contributed by atoms with van der Waals surface area (Å²) < 4.78 is 5.00. The number of benzene rings is 1. The molecule has 1 aromatic heterocycles. The van der Waals surface area contributed by atoms with Crippen LogP contribution in [0.2, 0.25) is 0 Å². The Morgan fingerprint density at radius 3 is 2.70 bits per heavy atom. The smallest absolute Gasteiger partial charge is 0.309 e. The van der Waals surface area contributed by atoms with Crippen molar-refractivity contribution < 1.29 is 14.3 Å². The lowest BCUT2D eigenvalue weighted by atomic mass is 10.1. The molecule has 1 aliphatic carbocycles. The number of nitrogens with zero attached hydrogens (tertiary/aromatic N) is 1. The van der Waals surface area contributed by atoms with Crippen LogP contribution in [0.1, 0.15) is 18.9 Å². The lowest BCUT2D eigenvalue weighted by molar-refractivity contribution is -0.148. The molecule has 0 aliphatic heterocycles. The molecule has 3 rings (SSSR count). The molecule has 2 aromatic rings. The zero-order valence-electron chi connectivity index (χ0n) is 13.0. The molecule has 120 valence electrons. The molecule has 1 fully saturated rings. The van der Waals surface area contributed by atoms with Gasteiger partial charge in [0.15, 0.2) is 11.7 Å². The summed E-state index contributed by atoms with van der Waals surface area (Å²) in [4.78, 5) is 27.8. The molecule has 1 aliphatic rings.